The van der Waals surface area contributed by atoms with Crippen LogP contribution in [0.5, 0.6) is 0 Å². The summed E-state index contributed by atoms with van der Waals surface area (Å²) in [5.41, 5.74) is 11.1. The number of likely N-dealkylation sites (tertiary alicyclic amines) is 1. The van der Waals surface area contributed by atoms with Crippen molar-refractivity contribution in [2.24, 2.45) is 7.05 Å². The molecule has 1 fully saturated rings. The fourth-order valence-corrected chi connectivity index (χ4v) is 4.61. The van der Waals surface area contributed by atoms with E-state index in [0.29, 0.717) is 30.6 Å². The number of nitrogens with zero attached hydrogens (tertiary/aromatic N) is 4. The van der Waals surface area contributed by atoms with Crippen LogP contribution in [0.1, 0.15) is 39.1 Å². The monoisotopic (exact) mass is 471 g/mol. The van der Waals surface area contributed by atoms with Crippen molar-refractivity contribution < 1.29 is 9.59 Å². The van der Waals surface area contributed by atoms with E-state index < -0.39 is 0 Å². The first-order valence-corrected chi connectivity index (χ1v) is 11.8. The molecule has 2 aliphatic rings. The zero-order chi connectivity index (χ0) is 24.4. The van der Waals surface area contributed by atoms with Crippen LogP contribution in [0.25, 0.3) is 16.7 Å². The molecule has 2 amide bonds. The maximum absolute atomic E-state index is 13.0. The number of carbonyl (C=O) groups excluding carboxylic acids is 2. The van der Waals surface area contributed by atoms with Crippen LogP contribution in [-0.2, 0) is 7.05 Å². The Morgan fingerprint density at radius 3 is 2.69 bits per heavy atom. The van der Waals surface area contributed by atoms with Crippen molar-refractivity contribution in [3.63, 3.8) is 0 Å². The van der Waals surface area contributed by atoms with Crippen molar-refractivity contribution in [3.8, 4) is 11.1 Å². The van der Waals surface area contributed by atoms with Crippen LogP contribution in [-0.4, -0.2) is 63.7 Å². The number of nitrogen functional groups attached to an aromatic ring is 1. The highest BCUT2D eigenvalue weighted by Crippen LogP contribution is 2.23. The van der Waals surface area contributed by atoms with Gasteiger partial charge in [-0.05, 0) is 48.7 Å². The molecule has 1 atom stereocenters. The van der Waals surface area contributed by atoms with Gasteiger partial charge in [0.1, 0.15) is 5.82 Å². The second kappa shape index (κ2) is 9.71. The van der Waals surface area contributed by atoms with Gasteiger partial charge >= 0.3 is 0 Å². The molecule has 9 heteroatoms. The fraction of sp³-hybridized carbons (Fsp3) is 0.308. The third-order valence-electron chi connectivity index (χ3n) is 6.58. The molecular weight excluding hydrogens is 442 g/mol. The van der Waals surface area contributed by atoms with Crippen molar-refractivity contribution in [3.05, 3.63) is 71.7 Å². The molecule has 35 heavy (non-hydrogen) atoms. The lowest BCUT2D eigenvalue weighted by molar-refractivity contribution is 0.0783. The van der Waals surface area contributed by atoms with E-state index in [2.05, 4.69) is 26.8 Å². The van der Waals surface area contributed by atoms with Crippen LogP contribution >= 0.6 is 0 Å². The van der Waals surface area contributed by atoms with Gasteiger partial charge in [-0.1, -0.05) is 18.2 Å². The molecule has 0 unspecified atom stereocenters. The Labute approximate surface area is 204 Å². The number of carbonyl (C=O) groups is 2. The summed E-state index contributed by atoms with van der Waals surface area (Å²) in [5.74, 6) is -0.142. The minimum absolute atomic E-state index is 0.0210. The highest BCUT2D eigenvalue weighted by molar-refractivity contribution is 6.00. The maximum Gasteiger partial charge on any atom is 0.255 e. The largest absolute Gasteiger partial charge is 0.383 e. The predicted molar refractivity (Wildman–Crippen MR) is 135 cm³/mol. The second-order valence-electron chi connectivity index (χ2n) is 9.03. The SMILES string of the molecule is Cn1cc(-c2cnc(N)c(C(=O)N[C@@H]3CCN(C(=O)c4ccc(C5=CCNCC5)cc4)C3)c2)cn1. The van der Waals surface area contributed by atoms with E-state index in [1.165, 1.54) is 5.57 Å². The first-order chi connectivity index (χ1) is 17.0. The van der Waals surface area contributed by atoms with Crippen LogP contribution < -0.4 is 16.4 Å². The Morgan fingerprint density at radius 1 is 1.14 bits per heavy atom. The van der Waals surface area contributed by atoms with E-state index in [1.807, 2.05) is 37.5 Å². The van der Waals surface area contributed by atoms with E-state index >= 15 is 0 Å². The Kier molecular flexibility index (Phi) is 6.33. The number of hydrogen-bond acceptors (Lipinski definition) is 6. The van der Waals surface area contributed by atoms with Gasteiger partial charge < -0.3 is 21.3 Å². The van der Waals surface area contributed by atoms with Gasteiger partial charge in [0.25, 0.3) is 11.8 Å². The maximum atomic E-state index is 13.0. The van der Waals surface area contributed by atoms with Crippen LogP contribution in [0.2, 0.25) is 0 Å². The van der Waals surface area contributed by atoms with Crippen molar-refractivity contribution >= 4 is 23.2 Å². The summed E-state index contributed by atoms with van der Waals surface area (Å²) in [5, 5.41) is 10.5. The highest BCUT2D eigenvalue weighted by atomic mass is 16.2. The molecule has 1 saturated heterocycles. The number of aryl methyl sites for hydroxylation is 1. The number of hydrogen-bond donors (Lipinski definition) is 3. The summed E-state index contributed by atoms with van der Waals surface area (Å²) in [7, 11) is 1.83. The minimum atomic E-state index is -0.292. The summed E-state index contributed by atoms with van der Waals surface area (Å²) < 4.78 is 1.69. The van der Waals surface area contributed by atoms with Gasteiger partial charge in [0.05, 0.1) is 11.8 Å². The lowest BCUT2D eigenvalue weighted by Crippen LogP contribution is -2.38. The molecule has 5 rings (SSSR count). The molecule has 2 aliphatic heterocycles. The average molecular weight is 472 g/mol. The first-order valence-electron chi connectivity index (χ1n) is 11.8. The molecule has 2 aromatic heterocycles. The summed E-state index contributed by atoms with van der Waals surface area (Å²) in [6.07, 6.45) is 9.07. The molecule has 180 valence electrons. The number of amides is 2. The molecule has 0 saturated carbocycles. The van der Waals surface area contributed by atoms with Gasteiger partial charge in [0, 0.05) is 61.8 Å². The number of nitrogens with one attached hydrogen (secondary N) is 2. The molecule has 9 nitrogen and oxygen atoms in total. The molecule has 0 radical (unpaired) electrons. The van der Waals surface area contributed by atoms with Crippen molar-refractivity contribution in [2.45, 2.75) is 18.9 Å². The van der Waals surface area contributed by atoms with E-state index in [4.69, 9.17) is 5.73 Å². The van der Waals surface area contributed by atoms with E-state index in [0.717, 1.165) is 36.2 Å². The first kappa shape index (κ1) is 22.8. The summed E-state index contributed by atoms with van der Waals surface area (Å²) >= 11 is 0. The van der Waals surface area contributed by atoms with E-state index in [-0.39, 0.29) is 23.7 Å². The van der Waals surface area contributed by atoms with Gasteiger partial charge in [-0.3, -0.25) is 14.3 Å². The number of nitrogens with two attached hydrogens (primary N) is 1. The Hall–Kier alpha value is -3.98. The Morgan fingerprint density at radius 2 is 1.97 bits per heavy atom. The van der Waals surface area contributed by atoms with Crippen LogP contribution in [0.15, 0.2) is 55.0 Å². The number of aromatic nitrogens is 3. The van der Waals surface area contributed by atoms with Gasteiger partial charge in [0.2, 0.25) is 0 Å². The molecule has 4 heterocycles. The third kappa shape index (κ3) is 4.95. The number of benzene rings is 1. The second-order valence-corrected chi connectivity index (χ2v) is 9.03. The van der Waals surface area contributed by atoms with Gasteiger partial charge in [-0.15, -0.1) is 0 Å². The summed E-state index contributed by atoms with van der Waals surface area (Å²) in [6.45, 7) is 2.90. The van der Waals surface area contributed by atoms with Crippen molar-refractivity contribution in [1.29, 1.82) is 0 Å². The normalized spacial score (nSPS) is 17.8. The fourth-order valence-electron chi connectivity index (χ4n) is 4.61. The van der Waals surface area contributed by atoms with E-state index in [1.54, 1.807) is 28.0 Å². The van der Waals surface area contributed by atoms with Crippen LogP contribution in [0.4, 0.5) is 5.82 Å². The van der Waals surface area contributed by atoms with Crippen LogP contribution in [0, 0.1) is 0 Å². The quantitative estimate of drug-likeness (QED) is 0.524. The lowest BCUT2D eigenvalue weighted by atomic mass is 9.99. The van der Waals surface area contributed by atoms with E-state index in [9.17, 15) is 9.59 Å². The van der Waals surface area contributed by atoms with Crippen molar-refractivity contribution in [1.82, 2.24) is 30.3 Å². The minimum Gasteiger partial charge on any atom is -0.383 e. The molecule has 1 aromatic carbocycles. The molecule has 0 aliphatic carbocycles. The highest BCUT2D eigenvalue weighted by Gasteiger charge is 2.29. The average Bonchev–Trinajstić information content (AvgIpc) is 3.53. The predicted octanol–water partition coefficient (Wildman–Crippen LogP) is 2.09. The zero-order valence-electron chi connectivity index (χ0n) is 19.7. The number of rotatable bonds is 5. The molecule has 4 N–H and O–H groups in total. The molecule has 3 aromatic rings. The lowest BCUT2D eigenvalue weighted by Gasteiger charge is -2.18. The zero-order valence-corrected chi connectivity index (χ0v) is 19.7. The summed E-state index contributed by atoms with van der Waals surface area (Å²) in [6, 6.07) is 9.40. The molecule has 0 bridgehead atoms. The molecule has 0 spiro atoms. The Balaban J connectivity index is 1.22. The number of anilines is 1. The summed E-state index contributed by atoms with van der Waals surface area (Å²) in [4.78, 5) is 32.0. The smallest absolute Gasteiger partial charge is 0.255 e. The van der Waals surface area contributed by atoms with Gasteiger partial charge in [-0.2, -0.15) is 5.10 Å². The Bertz CT molecular complexity index is 1280. The van der Waals surface area contributed by atoms with Crippen LogP contribution in [0.3, 0.4) is 0 Å². The van der Waals surface area contributed by atoms with Gasteiger partial charge in [0.15, 0.2) is 0 Å². The third-order valence-corrected chi connectivity index (χ3v) is 6.58. The topological polar surface area (TPSA) is 118 Å². The van der Waals surface area contributed by atoms with Crippen molar-refractivity contribution in [2.75, 3.05) is 31.9 Å². The standard InChI is InChI=1S/C26H29N7O2/c1-32-15-21(14-30-32)20-12-23(24(27)29-13-20)25(34)31-22-8-11-33(16-22)26(35)19-4-2-17(3-5-19)18-6-9-28-10-7-18/h2-6,12-15,22,28H,7-11,16H2,1H3,(H2,27,29)(H,31,34)/t22-/m1/s1. The number of pyridine rings is 1. The van der Waals surface area contributed by atoms with Gasteiger partial charge in [-0.25, -0.2) is 4.98 Å². The molecular formula is C26H29N7O2.